The fourth-order valence-corrected chi connectivity index (χ4v) is 3.47. The lowest BCUT2D eigenvalue weighted by molar-refractivity contribution is 0.602. The number of nitrogens with zero attached hydrogens (tertiary/aromatic N) is 3. The zero-order valence-electron chi connectivity index (χ0n) is 17.9. The molecule has 0 radical (unpaired) electrons. The number of aromatic amines is 1. The fourth-order valence-electron chi connectivity index (χ4n) is 2.80. The van der Waals surface area contributed by atoms with Crippen LogP contribution < -0.4 is 0 Å². The van der Waals surface area contributed by atoms with Crippen molar-refractivity contribution in [2.24, 2.45) is 0 Å². The maximum absolute atomic E-state index is 11.8. The van der Waals surface area contributed by atoms with Crippen LogP contribution in [-0.4, -0.2) is 29.6 Å². The number of sulfone groups is 1. The first-order valence-corrected chi connectivity index (χ1v) is 11.7. The molecular formula is C23H28N4O2S. The summed E-state index contributed by atoms with van der Waals surface area (Å²) in [7, 11) is -3.28. The van der Waals surface area contributed by atoms with Crippen LogP contribution in [0, 0.1) is 11.3 Å². The first kappa shape index (κ1) is 23.0. The molecular weight excluding hydrogens is 396 g/mol. The maximum Gasteiger partial charge on any atom is 0.175 e. The average molecular weight is 425 g/mol. The van der Waals surface area contributed by atoms with Crippen molar-refractivity contribution >= 4 is 31.8 Å². The van der Waals surface area contributed by atoms with Crippen LogP contribution in [0.4, 0.5) is 0 Å². The lowest BCUT2D eigenvalue weighted by Gasteiger charge is -2.04. The minimum Gasteiger partial charge on any atom is -0.338 e. The van der Waals surface area contributed by atoms with E-state index < -0.39 is 9.84 Å². The van der Waals surface area contributed by atoms with E-state index in [1.165, 1.54) is 12.7 Å². The number of benzene rings is 1. The van der Waals surface area contributed by atoms with Gasteiger partial charge in [0.05, 0.1) is 16.6 Å². The molecule has 4 rings (SSSR count). The molecule has 1 aromatic carbocycles. The molecule has 7 heteroatoms. The van der Waals surface area contributed by atoms with Crippen LogP contribution in [0.5, 0.6) is 0 Å². The minimum atomic E-state index is -3.28. The van der Waals surface area contributed by atoms with E-state index in [1.807, 2.05) is 32.0 Å². The SMILES string of the molecule is CC.CCC.CS(=O)(=O)c1cccc(-c2cnc3[nH]c4cnc(C#N)cc4c3c2)c1.[HH]. The van der Waals surface area contributed by atoms with Crippen LogP contribution in [-0.2, 0) is 9.84 Å². The van der Waals surface area contributed by atoms with E-state index in [9.17, 15) is 8.42 Å². The van der Waals surface area contributed by atoms with Gasteiger partial charge in [0.15, 0.2) is 9.84 Å². The summed E-state index contributed by atoms with van der Waals surface area (Å²) in [5.74, 6) is 0. The number of hydrogen-bond acceptors (Lipinski definition) is 5. The molecule has 0 fully saturated rings. The number of hydrogen-bond donors (Lipinski definition) is 1. The Kier molecular flexibility index (Phi) is 7.67. The first-order valence-electron chi connectivity index (χ1n) is 9.85. The van der Waals surface area contributed by atoms with Gasteiger partial charge in [0.2, 0.25) is 0 Å². The molecule has 3 aromatic heterocycles. The number of nitrogens with one attached hydrogen (secondary N) is 1. The fraction of sp³-hybridized carbons (Fsp3) is 0.261. The van der Waals surface area contributed by atoms with Crippen molar-refractivity contribution in [3.05, 3.63) is 54.5 Å². The summed E-state index contributed by atoms with van der Waals surface area (Å²) in [6.07, 6.45) is 5.74. The Morgan fingerprint density at radius 2 is 1.73 bits per heavy atom. The van der Waals surface area contributed by atoms with E-state index in [2.05, 4.69) is 28.8 Å². The molecule has 0 aliphatic heterocycles. The van der Waals surface area contributed by atoms with Crippen LogP contribution in [0.3, 0.4) is 0 Å². The Morgan fingerprint density at radius 3 is 2.37 bits per heavy atom. The number of aromatic nitrogens is 3. The molecule has 0 unspecified atom stereocenters. The highest BCUT2D eigenvalue weighted by Crippen LogP contribution is 2.29. The smallest absolute Gasteiger partial charge is 0.175 e. The molecule has 0 saturated carbocycles. The maximum atomic E-state index is 11.8. The van der Waals surface area contributed by atoms with Gasteiger partial charge in [0.25, 0.3) is 0 Å². The molecule has 3 heterocycles. The Morgan fingerprint density at radius 1 is 1.03 bits per heavy atom. The van der Waals surface area contributed by atoms with Gasteiger partial charge < -0.3 is 4.98 Å². The lowest BCUT2D eigenvalue weighted by Crippen LogP contribution is -1.96. The highest BCUT2D eigenvalue weighted by Gasteiger charge is 2.11. The molecule has 0 atom stereocenters. The van der Waals surface area contributed by atoms with E-state index in [0.29, 0.717) is 11.3 Å². The van der Waals surface area contributed by atoms with Gasteiger partial charge in [-0.15, -0.1) is 0 Å². The van der Waals surface area contributed by atoms with Gasteiger partial charge in [-0.2, -0.15) is 5.26 Å². The van der Waals surface area contributed by atoms with Crippen molar-refractivity contribution in [2.45, 2.75) is 39.0 Å². The van der Waals surface area contributed by atoms with Crippen molar-refractivity contribution in [3.63, 3.8) is 0 Å². The lowest BCUT2D eigenvalue weighted by atomic mass is 10.1. The number of rotatable bonds is 2. The van der Waals surface area contributed by atoms with Crippen LogP contribution in [0.15, 0.2) is 53.7 Å². The molecule has 0 aliphatic rings. The van der Waals surface area contributed by atoms with Gasteiger partial charge in [-0.1, -0.05) is 46.2 Å². The number of nitriles is 1. The third-order valence-corrected chi connectivity index (χ3v) is 5.16. The predicted molar refractivity (Wildman–Crippen MR) is 124 cm³/mol. The molecule has 1 N–H and O–H groups in total. The van der Waals surface area contributed by atoms with Crippen molar-refractivity contribution in [1.82, 2.24) is 15.0 Å². The van der Waals surface area contributed by atoms with E-state index in [0.717, 1.165) is 27.4 Å². The van der Waals surface area contributed by atoms with E-state index >= 15 is 0 Å². The average Bonchev–Trinajstić information content (AvgIpc) is 3.12. The summed E-state index contributed by atoms with van der Waals surface area (Å²) in [5.41, 5.74) is 3.38. The monoisotopic (exact) mass is 424 g/mol. The zero-order chi connectivity index (χ0) is 22.3. The summed E-state index contributed by atoms with van der Waals surface area (Å²) in [6.45, 7) is 8.25. The van der Waals surface area contributed by atoms with E-state index in [1.54, 1.807) is 36.7 Å². The Balaban J connectivity index is 0.000000740. The Hall–Kier alpha value is -3.24. The largest absolute Gasteiger partial charge is 0.338 e. The second kappa shape index (κ2) is 9.99. The van der Waals surface area contributed by atoms with Gasteiger partial charge in [0.1, 0.15) is 17.4 Å². The van der Waals surface area contributed by atoms with E-state index in [4.69, 9.17) is 5.26 Å². The number of pyridine rings is 2. The topological polar surface area (TPSA) is 99.5 Å². The van der Waals surface area contributed by atoms with Gasteiger partial charge in [-0.25, -0.2) is 18.4 Å². The molecule has 0 saturated heterocycles. The highest BCUT2D eigenvalue weighted by atomic mass is 32.2. The summed E-state index contributed by atoms with van der Waals surface area (Å²) in [6, 6.07) is 12.4. The zero-order valence-corrected chi connectivity index (χ0v) is 18.7. The molecule has 0 spiro atoms. The molecule has 6 nitrogen and oxygen atoms in total. The van der Waals surface area contributed by atoms with Gasteiger partial charge in [0, 0.05) is 30.2 Å². The minimum absolute atomic E-state index is 0. The normalized spacial score (nSPS) is 10.5. The van der Waals surface area contributed by atoms with Crippen LogP contribution in [0.1, 0.15) is 41.2 Å². The summed E-state index contributed by atoms with van der Waals surface area (Å²) in [5, 5.41) is 10.8. The van der Waals surface area contributed by atoms with Crippen molar-refractivity contribution < 1.29 is 9.84 Å². The molecule has 158 valence electrons. The van der Waals surface area contributed by atoms with Gasteiger partial charge in [-0.3, -0.25) is 0 Å². The molecule has 4 aromatic rings. The van der Waals surface area contributed by atoms with Crippen LogP contribution in [0.25, 0.3) is 33.1 Å². The van der Waals surface area contributed by atoms with Crippen molar-refractivity contribution in [3.8, 4) is 17.2 Å². The molecule has 0 bridgehead atoms. The Bertz CT molecular complexity index is 1310. The summed E-state index contributed by atoms with van der Waals surface area (Å²) in [4.78, 5) is 11.9. The third-order valence-electron chi connectivity index (χ3n) is 4.04. The summed E-state index contributed by atoms with van der Waals surface area (Å²) < 4.78 is 23.5. The second-order valence-corrected chi connectivity index (χ2v) is 8.49. The first-order chi connectivity index (χ1) is 14.4. The van der Waals surface area contributed by atoms with E-state index in [-0.39, 0.29) is 6.32 Å². The standard InChI is InChI=1S/C18H12N4O2S.C3H8.C2H6.H2/c1-25(23,24)14-4-2-3-11(5-14)12-6-16-15-7-13(8-19)20-10-17(15)22-18(16)21-9-12;1-3-2;1-2;/h2-7,9-10H,1H3,(H,21,22);3H2,1-2H3;1-2H3;1H. The summed E-state index contributed by atoms with van der Waals surface area (Å²) >= 11 is 0. The number of fused-ring (bicyclic) bond motifs is 3. The Labute approximate surface area is 179 Å². The van der Waals surface area contributed by atoms with Crippen LogP contribution >= 0.6 is 0 Å². The van der Waals surface area contributed by atoms with Crippen LogP contribution in [0.2, 0.25) is 0 Å². The highest BCUT2D eigenvalue weighted by molar-refractivity contribution is 7.90. The molecule has 0 amide bonds. The number of H-pyrrole nitrogens is 1. The molecule has 30 heavy (non-hydrogen) atoms. The second-order valence-electron chi connectivity index (χ2n) is 6.48. The van der Waals surface area contributed by atoms with Gasteiger partial charge >= 0.3 is 0 Å². The third kappa shape index (κ3) is 5.02. The van der Waals surface area contributed by atoms with Gasteiger partial charge in [-0.05, 0) is 29.8 Å². The quantitative estimate of drug-likeness (QED) is 0.442. The van der Waals surface area contributed by atoms with Crippen molar-refractivity contribution in [1.29, 1.82) is 5.26 Å². The molecule has 0 aliphatic carbocycles. The predicted octanol–water partition coefficient (Wildman–Crippen LogP) is 5.74. The van der Waals surface area contributed by atoms with Crippen molar-refractivity contribution in [2.75, 3.05) is 6.26 Å².